The quantitative estimate of drug-likeness (QED) is 0.867. The molecule has 104 valence electrons. The Morgan fingerprint density at radius 2 is 2.21 bits per heavy atom. The van der Waals surface area contributed by atoms with Gasteiger partial charge in [0, 0.05) is 4.47 Å². The van der Waals surface area contributed by atoms with Crippen LogP contribution in [0.4, 0.5) is 0 Å². The average molecular weight is 325 g/mol. The average Bonchev–Trinajstić information content (AvgIpc) is 2.50. The van der Waals surface area contributed by atoms with Crippen LogP contribution in [0.25, 0.3) is 0 Å². The first-order valence-corrected chi connectivity index (χ1v) is 7.58. The summed E-state index contributed by atoms with van der Waals surface area (Å²) in [5.74, 6) is 0.103. The molecule has 1 amide bonds. The minimum absolute atomic E-state index is 0.103. The molecule has 0 bridgehead atoms. The summed E-state index contributed by atoms with van der Waals surface area (Å²) in [4.78, 5) is 13.8. The molecule has 1 aliphatic rings. The van der Waals surface area contributed by atoms with Gasteiger partial charge in [-0.05, 0) is 56.6 Å². The van der Waals surface area contributed by atoms with Crippen molar-refractivity contribution in [3.05, 3.63) is 33.8 Å². The van der Waals surface area contributed by atoms with Gasteiger partial charge in [-0.25, -0.2) is 0 Å². The van der Waals surface area contributed by atoms with E-state index >= 15 is 0 Å². The molecule has 0 spiro atoms. The lowest BCUT2D eigenvalue weighted by Gasteiger charge is -2.21. The Balaban J connectivity index is 2.15. The van der Waals surface area contributed by atoms with E-state index in [-0.39, 0.29) is 11.9 Å². The second kappa shape index (κ2) is 6.53. The molecule has 1 atom stereocenters. The Morgan fingerprint density at radius 3 is 2.95 bits per heavy atom. The summed E-state index contributed by atoms with van der Waals surface area (Å²) in [6, 6.07) is 6.56. The number of carbonyl (C=O) groups excluding carboxylic acids is 1. The Hall–Kier alpha value is -0.870. The number of fused-ring (bicyclic) bond motifs is 1. The zero-order valence-corrected chi connectivity index (χ0v) is 13.2. The third-order valence-electron chi connectivity index (χ3n) is 3.46. The summed E-state index contributed by atoms with van der Waals surface area (Å²) < 4.78 is 1.12. The normalized spacial score (nSPS) is 18.8. The predicted molar refractivity (Wildman–Crippen MR) is 81.1 cm³/mol. The molecule has 1 N–H and O–H groups in total. The number of benzene rings is 1. The van der Waals surface area contributed by atoms with E-state index in [0.717, 1.165) is 17.3 Å². The standard InChI is InChI=1S/C15H21BrN2O/c1-18(2)10-15(19)17-14-6-4-3-5-11-9-12(16)7-8-13(11)14/h7-9,14H,3-6,10H2,1-2H3,(H,17,19). The molecule has 19 heavy (non-hydrogen) atoms. The largest absolute Gasteiger partial charge is 0.348 e. The van der Waals surface area contributed by atoms with Crippen molar-refractivity contribution in [3.63, 3.8) is 0 Å². The second-order valence-electron chi connectivity index (χ2n) is 5.45. The Kier molecular flexibility index (Phi) is 4.99. The number of carbonyl (C=O) groups is 1. The fourth-order valence-corrected chi connectivity index (χ4v) is 3.04. The van der Waals surface area contributed by atoms with Crippen molar-refractivity contribution in [1.82, 2.24) is 10.2 Å². The van der Waals surface area contributed by atoms with Crippen molar-refractivity contribution < 1.29 is 4.79 Å². The smallest absolute Gasteiger partial charge is 0.234 e. The Bertz CT molecular complexity index is 459. The minimum atomic E-state index is 0.103. The maximum Gasteiger partial charge on any atom is 0.234 e. The zero-order chi connectivity index (χ0) is 13.8. The van der Waals surface area contributed by atoms with Crippen molar-refractivity contribution in [1.29, 1.82) is 0 Å². The number of hydrogen-bond acceptors (Lipinski definition) is 2. The third kappa shape index (κ3) is 4.05. The van der Waals surface area contributed by atoms with E-state index in [9.17, 15) is 4.79 Å². The van der Waals surface area contributed by atoms with Crippen LogP contribution in [0.3, 0.4) is 0 Å². The van der Waals surface area contributed by atoms with Crippen LogP contribution in [0.5, 0.6) is 0 Å². The van der Waals surface area contributed by atoms with Crippen LogP contribution in [0, 0.1) is 0 Å². The van der Waals surface area contributed by atoms with Gasteiger partial charge in [-0.2, -0.15) is 0 Å². The van der Waals surface area contributed by atoms with Crippen LogP contribution in [0.15, 0.2) is 22.7 Å². The van der Waals surface area contributed by atoms with Gasteiger partial charge in [0.1, 0.15) is 0 Å². The zero-order valence-electron chi connectivity index (χ0n) is 11.6. The van der Waals surface area contributed by atoms with E-state index in [0.29, 0.717) is 6.54 Å². The number of rotatable bonds is 3. The van der Waals surface area contributed by atoms with Crippen LogP contribution in [-0.2, 0) is 11.2 Å². The highest BCUT2D eigenvalue weighted by Crippen LogP contribution is 2.30. The van der Waals surface area contributed by atoms with Gasteiger partial charge in [-0.15, -0.1) is 0 Å². The highest BCUT2D eigenvalue weighted by atomic mass is 79.9. The number of halogens is 1. The first kappa shape index (κ1) is 14.5. The minimum Gasteiger partial charge on any atom is -0.348 e. The summed E-state index contributed by atoms with van der Waals surface area (Å²) in [5.41, 5.74) is 2.65. The van der Waals surface area contributed by atoms with Crippen molar-refractivity contribution in [3.8, 4) is 0 Å². The highest BCUT2D eigenvalue weighted by Gasteiger charge is 2.20. The van der Waals surface area contributed by atoms with E-state index in [1.54, 1.807) is 0 Å². The van der Waals surface area contributed by atoms with Gasteiger partial charge in [0.15, 0.2) is 0 Å². The fourth-order valence-electron chi connectivity index (χ4n) is 2.63. The van der Waals surface area contributed by atoms with Gasteiger partial charge in [0.2, 0.25) is 5.91 Å². The SMILES string of the molecule is CN(C)CC(=O)NC1CCCCc2cc(Br)ccc21. The number of likely N-dealkylation sites (N-methyl/N-ethyl adjacent to an activating group) is 1. The van der Waals surface area contributed by atoms with Gasteiger partial charge in [-0.1, -0.05) is 28.4 Å². The highest BCUT2D eigenvalue weighted by molar-refractivity contribution is 9.10. The molecule has 1 aromatic rings. The summed E-state index contributed by atoms with van der Waals surface area (Å²) >= 11 is 3.53. The second-order valence-corrected chi connectivity index (χ2v) is 6.36. The molecule has 1 aliphatic carbocycles. The lowest BCUT2D eigenvalue weighted by atomic mass is 9.99. The third-order valence-corrected chi connectivity index (χ3v) is 3.96. The Labute approximate surface area is 123 Å². The van der Waals surface area contributed by atoms with Crippen molar-refractivity contribution in [2.24, 2.45) is 0 Å². The number of aryl methyl sites for hydroxylation is 1. The molecular formula is C15H21BrN2O. The first-order chi connectivity index (χ1) is 9.06. The molecule has 0 aliphatic heterocycles. The van der Waals surface area contributed by atoms with E-state index in [2.05, 4.69) is 39.4 Å². The maximum atomic E-state index is 11.9. The lowest BCUT2D eigenvalue weighted by molar-refractivity contribution is -0.122. The van der Waals surface area contributed by atoms with Gasteiger partial charge < -0.3 is 10.2 Å². The summed E-state index contributed by atoms with van der Waals surface area (Å²) in [5, 5.41) is 3.17. The number of hydrogen-bond donors (Lipinski definition) is 1. The van der Waals surface area contributed by atoms with E-state index < -0.39 is 0 Å². The molecular weight excluding hydrogens is 304 g/mol. The number of nitrogens with one attached hydrogen (secondary N) is 1. The van der Waals surface area contributed by atoms with E-state index in [1.165, 1.54) is 24.0 Å². The molecule has 0 heterocycles. The van der Waals surface area contributed by atoms with Crippen LogP contribution >= 0.6 is 15.9 Å². The van der Waals surface area contributed by atoms with E-state index in [4.69, 9.17) is 0 Å². The molecule has 1 aromatic carbocycles. The van der Waals surface area contributed by atoms with Crippen LogP contribution in [-0.4, -0.2) is 31.4 Å². The molecule has 0 saturated carbocycles. The molecule has 0 saturated heterocycles. The Morgan fingerprint density at radius 1 is 1.42 bits per heavy atom. The molecule has 4 heteroatoms. The van der Waals surface area contributed by atoms with Crippen molar-refractivity contribution in [2.45, 2.75) is 31.7 Å². The van der Waals surface area contributed by atoms with Crippen LogP contribution in [0.1, 0.15) is 36.4 Å². The molecule has 2 rings (SSSR count). The van der Waals surface area contributed by atoms with Crippen LogP contribution in [0.2, 0.25) is 0 Å². The van der Waals surface area contributed by atoms with Crippen LogP contribution < -0.4 is 5.32 Å². The van der Waals surface area contributed by atoms with Crippen molar-refractivity contribution >= 4 is 21.8 Å². The van der Waals surface area contributed by atoms with Gasteiger partial charge in [0.25, 0.3) is 0 Å². The van der Waals surface area contributed by atoms with Gasteiger partial charge in [0.05, 0.1) is 12.6 Å². The lowest BCUT2D eigenvalue weighted by Crippen LogP contribution is -2.35. The molecule has 0 radical (unpaired) electrons. The molecule has 0 aromatic heterocycles. The summed E-state index contributed by atoms with van der Waals surface area (Å²) in [6.45, 7) is 0.447. The predicted octanol–water partition coefficient (Wildman–Crippen LogP) is 2.89. The first-order valence-electron chi connectivity index (χ1n) is 6.78. The fraction of sp³-hybridized carbons (Fsp3) is 0.533. The van der Waals surface area contributed by atoms with Gasteiger partial charge in [-0.3, -0.25) is 4.79 Å². The van der Waals surface area contributed by atoms with E-state index in [1.807, 2.05) is 19.0 Å². The molecule has 0 fully saturated rings. The number of nitrogens with zero attached hydrogens (tertiary/aromatic N) is 1. The maximum absolute atomic E-state index is 11.9. The molecule has 1 unspecified atom stereocenters. The topological polar surface area (TPSA) is 32.3 Å². The van der Waals surface area contributed by atoms with Gasteiger partial charge >= 0.3 is 0 Å². The molecule has 3 nitrogen and oxygen atoms in total. The summed E-state index contributed by atoms with van der Waals surface area (Å²) in [7, 11) is 3.83. The monoisotopic (exact) mass is 324 g/mol. The summed E-state index contributed by atoms with van der Waals surface area (Å²) in [6.07, 6.45) is 4.51. The van der Waals surface area contributed by atoms with Crippen molar-refractivity contribution in [2.75, 3.05) is 20.6 Å². The number of amides is 1.